The predicted molar refractivity (Wildman–Crippen MR) is 99.0 cm³/mol. The van der Waals surface area contributed by atoms with Gasteiger partial charge >= 0.3 is 6.36 Å². The zero-order valence-electron chi connectivity index (χ0n) is 15.2. The summed E-state index contributed by atoms with van der Waals surface area (Å²) >= 11 is 0. The molecule has 1 N–H and O–H groups in total. The van der Waals surface area contributed by atoms with Gasteiger partial charge in [-0.25, -0.2) is 8.42 Å². The molecule has 1 aliphatic heterocycles. The van der Waals surface area contributed by atoms with Crippen LogP contribution in [-0.2, 0) is 16.4 Å². The van der Waals surface area contributed by atoms with E-state index in [1.54, 1.807) is 10.6 Å². The molecule has 0 saturated heterocycles. The highest BCUT2D eigenvalue weighted by Crippen LogP contribution is 2.25. The van der Waals surface area contributed by atoms with Gasteiger partial charge in [0.1, 0.15) is 11.6 Å². The van der Waals surface area contributed by atoms with Gasteiger partial charge in [0.15, 0.2) is 0 Å². The van der Waals surface area contributed by atoms with Crippen molar-refractivity contribution in [3.05, 3.63) is 65.5 Å². The monoisotopic (exact) mass is 412 g/mol. The van der Waals surface area contributed by atoms with Crippen LogP contribution in [0.15, 0.2) is 59.1 Å². The molecular weight excluding hydrogens is 393 g/mol. The molecule has 1 aliphatic rings. The number of benzene rings is 1. The van der Waals surface area contributed by atoms with Gasteiger partial charge in [-0.1, -0.05) is 11.6 Å². The van der Waals surface area contributed by atoms with Gasteiger partial charge in [-0.2, -0.15) is 0 Å². The molecule has 0 aliphatic carbocycles. The second-order valence-electron chi connectivity index (χ2n) is 6.57. The average molecular weight is 412 g/mol. The summed E-state index contributed by atoms with van der Waals surface area (Å²) in [5.41, 5.74) is 3.07. The zero-order chi connectivity index (χ0) is 20.5. The molecular formula is C19H19F3N2O3S. The number of hydrogen-bond donors (Lipinski definition) is 1. The van der Waals surface area contributed by atoms with Crippen LogP contribution >= 0.6 is 0 Å². The van der Waals surface area contributed by atoms with E-state index in [4.69, 9.17) is 0 Å². The van der Waals surface area contributed by atoms with Crippen LogP contribution in [0.25, 0.3) is 5.82 Å². The number of aromatic nitrogens is 1. The Morgan fingerprint density at radius 2 is 1.75 bits per heavy atom. The van der Waals surface area contributed by atoms with E-state index in [1.165, 1.54) is 0 Å². The highest BCUT2D eigenvalue weighted by atomic mass is 32.2. The van der Waals surface area contributed by atoms with Crippen molar-refractivity contribution in [1.29, 1.82) is 0 Å². The Hall–Kier alpha value is -2.68. The van der Waals surface area contributed by atoms with Crippen molar-refractivity contribution in [2.24, 2.45) is 0 Å². The van der Waals surface area contributed by atoms with Crippen molar-refractivity contribution in [2.45, 2.75) is 37.9 Å². The lowest BCUT2D eigenvalue weighted by Crippen LogP contribution is -2.26. The van der Waals surface area contributed by atoms with Gasteiger partial charge in [-0.05, 0) is 68.7 Å². The van der Waals surface area contributed by atoms with Crippen molar-refractivity contribution in [3.8, 4) is 5.75 Å². The summed E-state index contributed by atoms with van der Waals surface area (Å²) in [5, 5.41) is 0. The summed E-state index contributed by atoms with van der Waals surface area (Å²) in [5.74, 6) is -0.142. The first-order valence-electron chi connectivity index (χ1n) is 8.48. The van der Waals surface area contributed by atoms with Crippen LogP contribution in [0.1, 0.15) is 24.6 Å². The molecule has 2 heterocycles. The largest absolute Gasteiger partial charge is 0.573 e. The number of rotatable bonds is 4. The van der Waals surface area contributed by atoms with Gasteiger partial charge in [0, 0.05) is 11.9 Å². The van der Waals surface area contributed by atoms with Gasteiger partial charge in [0.25, 0.3) is 10.0 Å². The van der Waals surface area contributed by atoms with Crippen molar-refractivity contribution in [1.82, 2.24) is 9.29 Å². The first-order chi connectivity index (χ1) is 13.0. The maximum absolute atomic E-state index is 12.7. The summed E-state index contributed by atoms with van der Waals surface area (Å²) in [6, 6.07) is 6.04. The molecule has 0 atom stereocenters. The van der Waals surface area contributed by atoms with Crippen molar-refractivity contribution >= 4 is 15.8 Å². The topological polar surface area (TPSA) is 60.3 Å². The van der Waals surface area contributed by atoms with Gasteiger partial charge in [0.05, 0.1) is 4.90 Å². The highest BCUT2D eigenvalue weighted by Gasteiger charge is 2.31. The highest BCUT2D eigenvalue weighted by molar-refractivity contribution is 7.89. The third kappa shape index (κ3) is 4.78. The minimum absolute atomic E-state index is 0.170. The van der Waals surface area contributed by atoms with Crippen molar-refractivity contribution in [2.75, 3.05) is 0 Å². The number of alkyl halides is 3. The zero-order valence-corrected chi connectivity index (χ0v) is 16.1. The first kappa shape index (κ1) is 20.1. The number of hydrogen-bond acceptors (Lipinski definition) is 3. The van der Waals surface area contributed by atoms with E-state index in [2.05, 4.69) is 9.46 Å². The van der Waals surface area contributed by atoms with E-state index in [0.29, 0.717) is 5.82 Å². The fraction of sp³-hybridized carbons (Fsp3) is 0.263. The molecule has 0 saturated carbocycles. The lowest BCUT2D eigenvalue weighted by atomic mass is 10.1. The molecule has 28 heavy (non-hydrogen) atoms. The van der Waals surface area contributed by atoms with Crippen LogP contribution in [-0.4, -0.2) is 19.3 Å². The lowest BCUT2D eigenvalue weighted by molar-refractivity contribution is -0.274. The molecule has 150 valence electrons. The molecule has 0 spiro atoms. The van der Waals surface area contributed by atoms with Crippen molar-refractivity contribution < 1.29 is 26.3 Å². The van der Waals surface area contributed by atoms with E-state index in [1.807, 2.05) is 32.2 Å². The summed E-state index contributed by atoms with van der Waals surface area (Å²) < 4.78 is 70.3. The maximum atomic E-state index is 12.7. The molecule has 5 nitrogen and oxygen atoms in total. The number of nitrogens with one attached hydrogen (secondary N) is 1. The quantitative estimate of drug-likeness (QED) is 0.812. The van der Waals surface area contributed by atoms with E-state index in [0.717, 1.165) is 53.9 Å². The molecule has 0 unspecified atom stereocenters. The molecule has 0 radical (unpaired) electrons. The Bertz CT molecular complexity index is 1030. The second-order valence-corrected chi connectivity index (χ2v) is 8.25. The Labute approximate surface area is 161 Å². The Morgan fingerprint density at radius 3 is 2.39 bits per heavy atom. The van der Waals surface area contributed by atoms with Crippen LogP contribution in [0.3, 0.4) is 0 Å². The molecule has 0 bridgehead atoms. The molecule has 0 fully saturated rings. The van der Waals surface area contributed by atoms with Crippen molar-refractivity contribution in [3.63, 3.8) is 0 Å². The van der Waals surface area contributed by atoms with Gasteiger partial charge in [0.2, 0.25) is 0 Å². The Kier molecular flexibility index (Phi) is 5.29. The third-order valence-corrected chi connectivity index (χ3v) is 5.57. The number of aryl methyl sites for hydroxylation is 2. The van der Waals surface area contributed by atoms with Gasteiger partial charge in [-0.15, -0.1) is 13.2 Å². The molecule has 1 aromatic heterocycles. The van der Waals surface area contributed by atoms with Crippen LogP contribution in [0.4, 0.5) is 13.2 Å². The second kappa shape index (κ2) is 7.38. The average Bonchev–Trinajstić information content (AvgIpc) is 2.95. The summed E-state index contributed by atoms with van der Waals surface area (Å²) in [7, 11) is -4.00. The van der Waals surface area contributed by atoms with Crippen LogP contribution in [0, 0.1) is 6.92 Å². The summed E-state index contributed by atoms with van der Waals surface area (Å²) in [6.45, 7) is 3.89. The van der Waals surface area contributed by atoms with E-state index in [9.17, 15) is 21.6 Å². The van der Waals surface area contributed by atoms with Crippen LogP contribution in [0.5, 0.6) is 5.75 Å². The number of sulfonamides is 1. The summed E-state index contributed by atoms with van der Waals surface area (Å²) in [6.07, 6.45) is 2.14. The van der Waals surface area contributed by atoms with Gasteiger partial charge < -0.3 is 9.30 Å². The fourth-order valence-corrected chi connectivity index (χ4v) is 3.94. The van der Waals surface area contributed by atoms with E-state index < -0.39 is 22.1 Å². The number of ether oxygens (including phenoxy) is 1. The minimum Gasteiger partial charge on any atom is -0.406 e. The van der Waals surface area contributed by atoms with Crippen LogP contribution in [0.2, 0.25) is 0 Å². The lowest BCUT2D eigenvalue weighted by Gasteiger charge is -2.18. The number of fused-ring (bicyclic) bond motifs is 1. The minimum atomic E-state index is -4.84. The molecule has 3 rings (SSSR count). The fourth-order valence-electron chi connectivity index (χ4n) is 2.88. The van der Waals surface area contributed by atoms with E-state index >= 15 is 0 Å². The maximum Gasteiger partial charge on any atom is 0.573 e. The predicted octanol–water partition coefficient (Wildman–Crippen LogP) is 4.36. The molecule has 1 aromatic carbocycles. The first-order valence-corrected chi connectivity index (χ1v) is 9.96. The number of nitrogens with zero attached hydrogens (tertiary/aromatic N) is 1. The number of halogens is 3. The third-order valence-electron chi connectivity index (χ3n) is 4.20. The molecule has 2 aromatic rings. The van der Waals surface area contributed by atoms with Crippen LogP contribution < -0.4 is 9.46 Å². The van der Waals surface area contributed by atoms with Gasteiger partial charge in [-0.3, -0.25) is 4.72 Å². The Morgan fingerprint density at radius 1 is 1.07 bits per heavy atom. The standard InChI is InChI=1S/C19H19F3N2O3S/c1-13-3-5-15-11-14(2)12-24(15)18(10-4-13)23-28(25,26)17-8-6-16(7-9-17)27-19(20,21)22/h4,6-12,23H,3,5H2,1-2H3. The number of allylic oxidation sites excluding steroid dienone is 3. The SMILES string of the molecule is CC1=CC=C(NS(=O)(=O)c2ccc(OC(F)(F)F)cc2)n2cc(C)cc2CC1. The molecule has 9 heteroatoms. The van der Waals surface area contributed by atoms with E-state index in [-0.39, 0.29) is 4.90 Å². The normalized spacial score (nSPS) is 15.0. The smallest absolute Gasteiger partial charge is 0.406 e. The molecule has 0 amide bonds. The Balaban J connectivity index is 1.90. The summed E-state index contributed by atoms with van der Waals surface area (Å²) in [4.78, 5) is -0.170.